The highest BCUT2D eigenvalue weighted by atomic mass is 17.2. The monoisotopic (exact) mass is 406 g/mol. The summed E-state index contributed by atoms with van der Waals surface area (Å²) in [6.45, 7) is 13.2. The molecule has 2 saturated heterocycles. The largest absolute Gasteiger partial charge is 0.481 e. The van der Waals surface area contributed by atoms with E-state index in [1.165, 1.54) is 24.8 Å². The minimum Gasteiger partial charge on any atom is -0.481 e. The number of hydrogen-bond acceptors (Lipinski definition) is 4. The molecule has 1 N–H and O–H groups in total. The first-order chi connectivity index (χ1) is 13.5. The van der Waals surface area contributed by atoms with Crippen molar-refractivity contribution in [3.05, 3.63) is 11.6 Å². The molecule has 5 heteroatoms. The Morgan fingerprint density at radius 1 is 1.28 bits per heavy atom. The third-order valence-electron chi connectivity index (χ3n) is 9.33. The van der Waals surface area contributed by atoms with Crippen molar-refractivity contribution >= 4 is 5.97 Å². The van der Waals surface area contributed by atoms with Gasteiger partial charge in [-0.05, 0) is 84.0 Å². The molecule has 29 heavy (non-hydrogen) atoms. The predicted octanol–water partition coefficient (Wildman–Crippen LogP) is 5.14. The van der Waals surface area contributed by atoms with E-state index in [0.717, 1.165) is 12.8 Å². The molecule has 2 heterocycles. The fourth-order valence-electron chi connectivity index (χ4n) is 6.75. The van der Waals surface area contributed by atoms with E-state index in [9.17, 15) is 9.90 Å². The Bertz CT molecular complexity index is 693. The van der Waals surface area contributed by atoms with Crippen LogP contribution < -0.4 is 0 Å². The minimum atomic E-state index is -0.842. The fourth-order valence-corrected chi connectivity index (χ4v) is 6.75. The lowest BCUT2D eigenvalue weighted by molar-refractivity contribution is -0.426. The quantitative estimate of drug-likeness (QED) is 0.519. The SMILES string of the molecule is CC1=CC2CC(C)C3(C)CC([C@@]4(C)CC[C@H](C(C)C(=O)O)OO4)OC3(C)C2CC1. The van der Waals surface area contributed by atoms with Crippen molar-refractivity contribution in [3.63, 3.8) is 0 Å². The van der Waals surface area contributed by atoms with E-state index in [4.69, 9.17) is 14.5 Å². The maximum atomic E-state index is 11.3. The van der Waals surface area contributed by atoms with Crippen molar-refractivity contribution in [1.29, 1.82) is 0 Å². The summed E-state index contributed by atoms with van der Waals surface area (Å²) in [7, 11) is 0. The smallest absolute Gasteiger partial charge is 0.308 e. The summed E-state index contributed by atoms with van der Waals surface area (Å²) in [5.74, 6) is 0.317. The van der Waals surface area contributed by atoms with E-state index in [1.807, 2.05) is 0 Å². The van der Waals surface area contributed by atoms with Crippen molar-refractivity contribution in [2.45, 2.75) is 103 Å². The van der Waals surface area contributed by atoms with Crippen LogP contribution in [0.5, 0.6) is 0 Å². The number of fused-ring (bicyclic) bond motifs is 3. The first-order valence-electron chi connectivity index (χ1n) is 11.4. The molecular weight excluding hydrogens is 368 g/mol. The fraction of sp³-hybridized carbons (Fsp3) is 0.875. The van der Waals surface area contributed by atoms with Gasteiger partial charge < -0.3 is 9.84 Å². The van der Waals surface area contributed by atoms with Crippen molar-refractivity contribution in [2.75, 3.05) is 0 Å². The first kappa shape index (κ1) is 21.3. The van der Waals surface area contributed by atoms with Gasteiger partial charge in [-0.15, -0.1) is 0 Å². The molecule has 1 saturated carbocycles. The summed E-state index contributed by atoms with van der Waals surface area (Å²) in [6, 6.07) is 0. The number of allylic oxidation sites excluding steroid dienone is 2. The highest BCUT2D eigenvalue weighted by Crippen LogP contribution is 2.65. The molecule has 0 radical (unpaired) electrons. The van der Waals surface area contributed by atoms with Crippen LogP contribution in [-0.2, 0) is 19.3 Å². The van der Waals surface area contributed by atoms with Gasteiger partial charge in [-0.2, -0.15) is 0 Å². The van der Waals surface area contributed by atoms with Crippen LogP contribution in [0.25, 0.3) is 0 Å². The standard InChI is InChI=1S/C24H38O5/c1-14-7-8-18-17(11-14)12-15(2)22(4)13-20(27-24(18,22)6)23(5)10-9-19(28-29-23)16(3)21(25)26/h11,15-20H,7-10,12-13H2,1-6H3,(H,25,26)/t15?,16?,17?,18?,19-,20?,22?,23-,24?/m1/s1. The summed E-state index contributed by atoms with van der Waals surface area (Å²) in [4.78, 5) is 22.8. The van der Waals surface area contributed by atoms with Gasteiger partial charge in [0, 0.05) is 5.41 Å². The molecule has 164 valence electrons. The maximum absolute atomic E-state index is 11.3. The summed E-state index contributed by atoms with van der Waals surface area (Å²) in [5.41, 5.74) is 0.924. The van der Waals surface area contributed by atoms with Gasteiger partial charge in [0.1, 0.15) is 11.7 Å². The van der Waals surface area contributed by atoms with Crippen LogP contribution in [0, 0.1) is 29.1 Å². The van der Waals surface area contributed by atoms with E-state index >= 15 is 0 Å². The van der Waals surface area contributed by atoms with Crippen LogP contribution in [0.2, 0.25) is 0 Å². The number of carboxylic acid groups (broad SMARTS) is 1. The van der Waals surface area contributed by atoms with Crippen LogP contribution in [0.4, 0.5) is 0 Å². The van der Waals surface area contributed by atoms with Crippen molar-refractivity contribution in [2.24, 2.45) is 29.1 Å². The van der Waals surface area contributed by atoms with Crippen molar-refractivity contribution in [1.82, 2.24) is 0 Å². The maximum Gasteiger partial charge on any atom is 0.308 e. The van der Waals surface area contributed by atoms with Gasteiger partial charge in [-0.3, -0.25) is 4.79 Å². The minimum absolute atomic E-state index is 0.0354. The Balaban J connectivity index is 1.54. The normalized spacial score (nSPS) is 51.0. The second-order valence-electron chi connectivity index (χ2n) is 11.0. The molecule has 0 spiro atoms. The lowest BCUT2D eigenvalue weighted by Crippen LogP contribution is -2.57. The van der Waals surface area contributed by atoms with Crippen LogP contribution in [-0.4, -0.2) is 34.5 Å². The third-order valence-corrected chi connectivity index (χ3v) is 9.33. The molecule has 0 aromatic heterocycles. The Morgan fingerprint density at radius 3 is 2.62 bits per heavy atom. The average Bonchev–Trinajstić information content (AvgIpc) is 2.96. The lowest BCUT2D eigenvalue weighted by Gasteiger charge is -2.56. The second-order valence-corrected chi connectivity index (χ2v) is 11.0. The molecule has 0 aromatic rings. The van der Waals surface area contributed by atoms with Gasteiger partial charge in [0.25, 0.3) is 0 Å². The molecule has 2 aliphatic carbocycles. The molecule has 2 aliphatic heterocycles. The summed E-state index contributed by atoms with van der Waals surface area (Å²) < 4.78 is 6.97. The highest BCUT2D eigenvalue weighted by molar-refractivity contribution is 5.70. The Morgan fingerprint density at radius 2 is 2.00 bits per heavy atom. The van der Waals surface area contributed by atoms with Crippen molar-refractivity contribution < 1.29 is 24.4 Å². The zero-order valence-electron chi connectivity index (χ0n) is 18.9. The molecule has 4 rings (SSSR count). The zero-order chi connectivity index (χ0) is 21.2. The summed E-state index contributed by atoms with van der Waals surface area (Å²) in [6.07, 6.45) is 8.08. The summed E-state index contributed by atoms with van der Waals surface area (Å²) >= 11 is 0. The molecular formula is C24H38O5. The van der Waals surface area contributed by atoms with Crippen LogP contribution in [0.15, 0.2) is 11.6 Å². The molecule has 0 amide bonds. The number of carbonyl (C=O) groups is 1. The molecule has 0 bridgehead atoms. The van der Waals surface area contributed by atoms with E-state index in [-0.39, 0.29) is 17.1 Å². The number of aliphatic carboxylic acids is 1. The zero-order valence-corrected chi connectivity index (χ0v) is 18.9. The van der Waals surface area contributed by atoms with E-state index in [2.05, 4.69) is 40.7 Å². The topological polar surface area (TPSA) is 65.0 Å². The van der Waals surface area contributed by atoms with E-state index in [0.29, 0.717) is 24.2 Å². The molecule has 0 aromatic carbocycles. The molecule has 5 nitrogen and oxygen atoms in total. The van der Waals surface area contributed by atoms with Gasteiger partial charge in [0.2, 0.25) is 0 Å². The first-order valence-corrected chi connectivity index (χ1v) is 11.4. The van der Waals surface area contributed by atoms with Crippen molar-refractivity contribution in [3.8, 4) is 0 Å². The molecule has 4 aliphatic rings. The Labute approximate surface area is 175 Å². The van der Waals surface area contributed by atoms with Crippen LogP contribution in [0.1, 0.15) is 80.1 Å². The summed E-state index contributed by atoms with van der Waals surface area (Å²) in [5, 5.41) is 9.28. The van der Waals surface area contributed by atoms with E-state index in [1.54, 1.807) is 6.92 Å². The van der Waals surface area contributed by atoms with Gasteiger partial charge in [0.15, 0.2) is 0 Å². The lowest BCUT2D eigenvalue weighted by atomic mass is 9.50. The molecule has 3 fully saturated rings. The van der Waals surface area contributed by atoms with E-state index < -0.39 is 23.6 Å². The Hall–Kier alpha value is -0.910. The molecule has 7 unspecified atom stereocenters. The van der Waals surface area contributed by atoms with Gasteiger partial charge in [0.05, 0.1) is 17.6 Å². The average molecular weight is 407 g/mol. The number of hydrogen-bond donors (Lipinski definition) is 1. The molecule has 9 atom stereocenters. The number of ether oxygens (including phenoxy) is 1. The van der Waals surface area contributed by atoms with Crippen LogP contribution in [0.3, 0.4) is 0 Å². The number of rotatable bonds is 3. The third kappa shape index (κ3) is 3.19. The van der Waals surface area contributed by atoms with Crippen LogP contribution >= 0.6 is 0 Å². The van der Waals surface area contributed by atoms with Gasteiger partial charge >= 0.3 is 5.97 Å². The Kier molecular flexibility index (Phi) is 5.20. The van der Waals surface area contributed by atoms with Gasteiger partial charge in [-0.1, -0.05) is 25.5 Å². The second kappa shape index (κ2) is 7.06. The highest BCUT2D eigenvalue weighted by Gasteiger charge is 2.66. The van der Waals surface area contributed by atoms with Gasteiger partial charge in [-0.25, -0.2) is 9.78 Å². The number of carboxylic acids is 1. The predicted molar refractivity (Wildman–Crippen MR) is 110 cm³/mol.